The van der Waals surface area contributed by atoms with E-state index in [4.69, 9.17) is 4.74 Å². The summed E-state index contributed by atoms with van der Waals surface area (Å²) in [7, 11) is 0. The van der Waals surface area contributed by atoms with E-state index in [1.54, 1.807) is 42.7 Å². The fourth-order valence-corrected chi connectivity index (χ4v) is 5.07. The first kappa shape index (κ1) is 30.9. The Balaban J connectivity index is 1.10. The molecule has 4 aromatic rings. The van der Waals surface area contributed by atoms with Crippen molar-refractivity contribution >= 4 is 23.3 Å². The van der Waals surface area contributed by atoms with Crippen molar-refractivity contribution in [2.75, 3.05) is 50.0 Å². The topological polar surface area (TPSA) is 132 Å². The van der Waals surface area contributed by atoms with Crippen LogP contribution in [0, 0.1) is 12.7 Å². The molecule has 2 aromatic heterocycles. The Morgan fingerprint density at radius 3 is 2.75 bits per heavy atom. The summed E-state index contributed by atoms with van der Waals surface area (Å²) in [6.07, 6.45) is 4.74. The summed E-state index contributed by atoms with van der Waals surface area (Å²) in [5.74, 6) is -0.643. The number of carbonyl (C=O) groups is 2. The monoisotopic (exact) mass is 600 g/mol. The lowest BCUT2D eigenvalue weighted by Gasteiger charge is -2.31. The number of pyridine rings is 1. The van der Waals surface area contributed by atoms with Crippen LogP contribution < -0.4 is 16.0 Å². The van der Waals surface area contributed by atoms with Crippen LogP contribution in [-0.2, 0) is 11.2 Å². The number of urea groups is 1. The zero-order valence-corrected chi connectivity index (χ0v) is 24.6. The van der Waals surface area contributed by atoms with Crippen molar-refractivity contribution in [3.05, 3.63) is 101 Å². The predicted octanol–water partition coefficient (Wildman–Crippen LogP) is 4.57. The van der Waals surface area contributed by atoms with Crippen molar-refractivity contribution < 1.29 is 23.8 Å². The maximum Gasteiger partial charge on any atom is 0.323 e. The van der Waals surface area contributed by atoms with Crippen LogP contribution in [0.1, 0.15) is 33.5 Å². The van der Waals surface area contributed by atoms with Gasteiger partial charge in [0.2, 0.25) is 0 Å². The van der Waals surface area contributed by atoms with Gasteiger partial charge in [-0.25, -0.2) is 9.18 Å². The Hall–Kier alpha value is -4.58. The number of rotatable bonds is 11. The van der Waals surface area contributed by atoms with Gasteiger partial charge in [0, 0.05) is 44.3 Å². The molecule has 1 unspecified atom stereocenters. The fraction of sp³-hybridized carbons (Fsp3) is 0.303. The molecular weight excluding hydrogens is 563 g/mol. The molecule has 44 heavy (non-hydrogen) atoms. The zero-order valence-electron chi connectivity index (χ0n) is 24.6. The molecule has 0 aliphatic carbocycles. The van der Waals surface area contributed by atoms with Gasteiger partial charge < -0.3 is 30.8 Å². The number of hydrogen-bond donors (Lipinski definition) is 5. The van der Waals surface area contributed by atoms with Crippen molar-refractivity contribution in [1.29, 1.82) is 0 Å². The molecule has 10 nitrogen and oxygen atoms in total. The number of hydrogen-bond acceptors (Lipinski definition) is 6. The zero-order chi connectivity index (χ0) is 30.9. The molecule has 5 rings (SSSR count). The molecule has 0 spiro atoms. The highest BCUT2D eigenvalue weighted by Gasteiger charge is 2.19. The average molecular weight is 601 g/mol. The highest BCUT2D eigenvalue weighted by molar-refractivity contribution is 5.99. The van der Waals surface area contributed by atoms with Crippen LogP contribution in [0.15, 0.2) is 73.1 Å². The minimum Gasteiger partial charge on any atom is -0.394 e. The van der Waals surface area contributed by atoms with Gasteiger partial charge in [-0.1, -0.05) is 18.2 Å². The van der Waals surface area contributed by atoms with E-state index in [0.29, 0.717) is 37.4 Å². The minimum absolute atomic E-state index is 0.0213. The first-order chi connectivity index (χ1) is 21.4. The van der Waals surface area contributed by atoms with Crippen molar-refractivity contribution in [3.63, 3.8) is 0 Å². The molecule has 0 saturated carbocycles. The van der Waals surface area contributed by atoms with Crippen LogP contribution >= 0.6 is 0 Å². The second-order valence-electron chi connectivity index (χ2n) is 10.9. The van der Waals surface area contributed by atoms with Crippen molar-refractivity contribution in [2.24, 2.45) is 0 Å². The largest absolute Gasteiger partial charge is 0.394 e. The number of nitrogens with zero attached hydrogens (tertiary/aromatic N) is 2. The lowest BCUT2D eigenvalue weighted by Crippen LogP contribution is -2.44. The SMILES string of the molecule is Cc1ccc(F)c(NC(=O)Nc2ccc(Cc3ccnc(-c4cc(C(=O)NCCCN5CCOC(CO)C5)c[nH]4)c3)cc2)c1. The fourth-order valence-electron chi connectivity index (χ4n) is 5.07. The average Bonchev–Trinajstić information content (AvgIpc) is 3.53. The van der Waals surface area contributed by atoms with E-state index in [2.05, 4.69) is 30.8 Å². The maximum atomic E-state index is 14.0. The van der Waals surface area contributed by atoms with Crippen molar-refractivity contribution in [3.8, 4) is 11.4 Å². The Morgan fingerprint density at radius 2 is 1.93 bits per heavy atom. The van der Waals surface area contributed by atoms with E-state index in [-0.39, 0.29) is 24.3 Å². The molecule has 3 heterocycles. The molecule has 0 bridgehead atoms. The lowest BCUT2D eigenvalue weighted by atomic mass is 10.0. The van der Waals surface area contributed by atoms with Crippen molar-refractivity contribution in [2.45, 2.75) is 25.9 Å². The number of aromatic amines is 1. The normalized spacial score (nSPS) is 15.1. The summed E-state index contributed by atoms with van der Waals surface area (Å²) in [6.45, 7) is 5.38. The number of nitrogens with one attached hydrogen (secondary N) is 4. The highest BCUT2D eigenvalue weighted by atomic mass is 19.1. The molecule has 3 amide bonds. The molecule has 1 fully saturated rings. The van der Waals surface area contributed by atoms with Crippen LogP contribution in [0.2, 0.25) is 0 Å². The number of aliphatic hydroxyl groups excluding tert-OH is 1. The Kier molecular flexibility index (Phi) is 10.3. The molecule has 1 atom stereocenters. The number of halogens is 1. The van der Waals surface area contributed by atoms with Crippen LogP contribution in [0.5, 0.6) is 0 Å². The number of morpholine rings is 1. The van der Waals surface area contributed by atoms with Gasteiger partial charge in [-0.15, -0.1) is 0 Å². The Bertz CT molecular complexity index is 1570. The molecule has 1 aliphatic heterocycles. The van der Waals surface area contributed by atoms with E-state index >= 15 is 0 Å². The van der Waals surface area contributed by atoms with Crippen LogP contribution in [0.25, 0.3) is 11.4 Å². The lowest BCUT2D eigenvalue weighted by molar-refractivity contribution is -0.0527. The number of amides is 3. The van der Waals surface area contributed by atoms with E-state index < -0.39 is 11.8 Å². The van der Waals surface area contributed by atoms with Gasteiger partial charge in [-0.05, 0) is 78.9 Å². The number of benzene rings is 2. The molecular formula is C33H37FN6O4. The minimum atomic E-state index is -0.523. The van der Waals surface area contributed by atoms with E-state index in [9.17, 15) is 19.1 Å². The number of carbonyl (C=O) groups excluding carboxylic acids is 2. The summed E-state index contributed by atoms with van der Waals surface area (Å²) < 4.78 is 19.4. The summed E-state index contributed by atoms with van der Waals surface area (Å²) >= 11 is 0. The van der Waals surface area contributed by atoms with E-state index in [1.807, 2.05) is 31.2 Å². The summed E-state index contributed by atoms with van der Waals surface area (Å²) in [5.41, 5.74) is 5.64. The third-order valence-corrected chi connectivity index (χ3v) is 7.40. The molecule has 0 radical (unpaired) electrons. The smallest absolute Gasteiger partial charge is 0.323 e. The van der Waals surface area contributed by atoms with Gasteiger partial charge in [0.1, 0.15) is 5.82 Å². The van der Waals surface area contributed by atoms with E-state index in [1.165, 1.54) is 6.07 Å². The second-order valence-corrected chi connectivity index (χ2v) is 10.9. The number of aliphatic hydroxyl groups is 1. The summed E-state index contributed by atoms with van der Waals surface area (Å²) in [4.78, 5) is 34.9. The predicted molar refractivity (Wildman–Crippen MR) is 167 cm³/mol. The van der Waals surface area contributed by atoms with Gasteiger partial charge >= 0.3 is 6.03 Å². The standard InChI is InChI=1S/C33H37FN6O4/c1-22-3-8-28(34)29(15-22)39-33(43)38-26-6-4-23(5-7-26)16-24-9-11-35-30(17-24)31-18-25(19-37-31)32(42)36-10-2-12-40-13-14-44-27(20-40)21-41/h3-9,11,15,17-19,27,37,41H,2,10,12-14,16,20-21H2,1H3,(H,36,42)(H2,38,39,43). The summed E-state index contributed by atoms with van der Waals surface area (Å²) in [6, 6.07) is 17.2. The van der Waals surface area contributed by atoms with Gasteiger partial charge in [0.15, 0.2) is 0 Å². The maximum absolute atomic E-state index is 14.0. The number of ether oxygens (including phenoxy) is 1. The van der Waals surface area contributed by atoms with Gasteiger partial charge in [0.05, 0.1) is 42.0 Å². The molecule has 11 heteroatoms. The molecule has 5 N–H and O–H groups in total. The first-order valence-corrected chi connectivity index (χ1v) is 14.7. The van der Waals surface area contributed by atoms with Gasteiger partial charge in [-0.2, -0.15) is 0 Å². The Morgan fingerprint density at radius 1 is 1.09 bits per heavy atom. The van der Waals surface area contributed by atoms with Crippen LogP contribution in [0.3, 0.4) is 0 Å². The number of aryl methyl sites for hydroxylation is 1. The number of aromatic nitrogens is 2. The van der Waals surface area contributed by atoms with Crippen molar-refractivity contribution in [1.82, 2.24) is 20.2 Å². The molecule has 1 aliphatic rings. The number of H-pyrrole nitrogens is 1. The van der Waals surface area contributed by atoms with Crippen LogP contribution in [-0.4, -0.2) is 77.4 Å². The first-order valence-electron chi connectivity index (χ1n) is 14.7. The number of anilines is 2. The summed E-state index contributed by atoms with van der Waals surface area (Å²) in [5, 5.41) is 17.5. The third kappa shape index (κ3) is 8.50. The van der Waals surface area contributed by atoms with Gasteiger partial charge in [0.25, 0.3) is 5.91 Å². The van der Waals surface area contributed by atoms with E-state index in [0.717, 1.165) is 47.6 Å². The second kappa shape index (κ2) is 14.7. The third-order valence-electron chi connectivity index (χ3n) is 7.40. The molecule has 230 valence electrons. The Labute approximate surface area is 255 Å². The van der Waals surface area contributed by atoms with Crippen LogP contribution in [0.4, 0.5) is 20.6 Å². The van der Waals surface area contributed by atoms with Gasteiger partial charge in [-0.3, -0.25) is 14.7 Å². The quantitative estimate of drug-likeness (QED) is 0.160. The molecule has 2 aromatic carbocycles. The molecule has 1 saturated heterocycles. The highest BCUT2D eigenvalue weighted by Crippen LogP contribution is 2.21.